The lowest BCUT2D eigenvalue weighted by atomic mass is 10.1. The number of para-hydroxylation sites is 1. The van der Waals surface area contributed by atoms with E-state index in [1.807, 2.05) is 45.0 Å². The third kappa shape index (κ3) is 3.80. The second-order valence-corrected chi connectivity index (χ2v) is 5.89. The van der Waals surface area contributed by atoms with Crippen molar-refractivity contribution in [1.29, 1.82) is 0 Å². The lowest BCUT2D eigenvalue weighted by Gasteiger charge is -2.09. The molecular formula is C24H25NO. The van der Waals surface area contributed by atoms with E-state index in [4.69, 9.17) is 4.42 Å². The van der Waals surface area contributed by atoms with E-state index < -0.39 is 0 Å². The maximum absolute atomic E-state index is 5.89. The fourth-order valence-electron chi connectivity index (χ4n) is 3.00. The summed E-state index contributed by atoms with van der Waals surface area (Å²) in [5.74, 6) is 0. The Hall–Kier alpha value is -3.00. The molecule has 0 saturated carbocycles. The summed E-state index contributed by atoms with van der Waals surface area (Å²) in [6, 6.07) is 14.4. The molecule has 4 rings (SSSR count). The number of furan rings is 1. The zero-order valence-electron chi connectivity index (χ0n) is 15.6. The van der Waals surface area contributed by atoms with E-state index in [0.717, 1.165) is 39.7 Å². The summed E-state index contributed by atoms with van der Waals surface area (Å²) in [6.07, 6.45) is 13.7. The predicted molar refractivity (Wildman–Crippen MR) is 113 cm³/mol. The first-order valence-electron chi connectivity index (χ1n) is 9.22. The highest BCUT2D eigenvalue weighted by Crippen LogP contribution is 2.31. The number of fused-ring (bicyclic) bond motifs is 3. The van der Waals surface area contributed by atoms with Crippen LogP contribution in [0.3, 0.4) is 0 Å². The summed E-state index contributed by atoms with van der Waals surface area (Å²) >= 11 is 0. The van der Waals surface area contributed by atoms with Crippen molar-refractivity contribution in [1.82, 2.24) is 0 Å². The fraction of sp³-hybridized carbons (Fsp3) is 0.167. The van der Waals surface area contributed by atoms with Crippen LogP contribution in [-0.2, 0) is 0 Å². The van der Waals surface area contributed by atoms with Gasteiger partial charge in [-0.1, -0.05) is 62.4 Å². The van der Waals surface area contributed by atoms with Crippen LogP contribution in [0.5, 0.6) is 0 Å². The first-order valence-corrected chi connectivity index (χ1v) is 9.22. The molecule has 0 atom stereocenters. The number of hydrogen-bond donors (Lipinski definition) is 1. The lowest BCUT2D eigenvalue weighted by molar-refractivity contribution is 0.669. The summed E-state index contributed by atoms with van der Waals surface area (Å²) in [7, 11) is 0. The standard InChI is InChI=1S/C22H19NO.C2H6/c1-2-17(14-16-8-4-3-5-9-16)23-18-12-13-22-20(15-18)19-10-6-7-11-21(19)24-22;1-2/h2-8,10-15,23H,9H2,1H3;1-2H3/b16-14-,17-2+;. The van der Waals surface area contributed by atoms with Gasteiger partial charge in [0, 0.05) is 22.2 Å². The Balaban J connectivity index is 0.000000948. The Morgan fingerprint density at radius 3 is 2.58 bits per heavy atom. The van der Waals surface area contributed by atoms with Crippen LogP contribution >= 0.6 is 0 Å². The number of benzene rings is 2. The number of nitrogens with one attached hydrogen (secondary N) is 1. The Morgan fingerprint density at radius 2 is 1.81 bits per heavy atom. The van der Waals surface area contributed by atoms with Crippen LogP contribution in [0.1, 0.15) is 27.2 Å². The third-order valence-corrected chi connectivity index (χ3v) is 4.23. The van der Waals surface area contributed by atoms with Crippen LogP contribution in [0, 0.1) is 0 Å². The molecule has 2 heteroatoms. The average molecular weight is 343 g/mol. The summed E-state index contributed by atoms with van der Waals surface area (Å²) in [5, 5.41) is 5.80. The first-order chi connectivity index (χ1) is 12.8. The topological polar surface area (TPSA) is 25.2 Å². The SMILES string of the molecule is C/C=C(\C=C1\C=CC=CC1)Nc1ccc2oc3ccccc3c2c1.CC. The smallest absolute Gasteiger partial charge is 0.135 e. The van der Waals surface area contributed by atoms with Crippen molar-refractivity contribution in [2.75, 3.05) is 5.32 Å². The van der Waals surface area contributed by atoms with Gasteiger partial charge in [-0.25, -0.2) is 0 Å². The van der Waals surface area contributed by atoms with E-state index in [2.05, 4.69) is 60.0 Å². The highest BCUT2D eigenvalue weighted by atomic mass is 16.3. The Morgan fingerprint density at radius 1 is 1.00 bits per heavy atom. The maximum Gasteiger partial charge on any atom is 0.135 e. The molecule has 0 radical (unpaired) electrons. The van der Waals surface area contributed by atoms with E-state index in [1.165, 1.54) is 5.57 Å². The van der Waals surface area contributed by atoms with E-state index in [0.29, 0.717) is 0 Å². The second kappa shape index (κ2) is 8.39. The van der Waals surface area contributed by atoms with E-state index >= 15 is 0 Å². The molecule has 0 bridgehead atoms. The van der Waals surface area contributed by atoms with Gasteiger partial charge < -0.3 is 9.73 Å². The van der Waals surface area contributed by atoms with Crippen LogP contribution in [0.15, 0.2) is 94.6 Å². The van der Waals surface area contributed by atoms with Gasteiger partial charge in [-0.15, -0.1) is 0 Å². The van der Waals surface area contributed by atoms with Crippen molar-refractivity contribution in [2.24, 2.45) is 0 Å². The Kier molecular flexibility index (Phi) is 5.75. The predicted octanol–water partition coefficient (Wildman–Crippen LogP) is 7.37. The van der Waals surface area contributed by atoms with Gasteiger partial charge in [0.1, 0.15) is 11.2 Å². The van der Waals surface area contributed by atoms with E-state index in [-0.39, 0.29) is 0 Å². The van der Waals surface area contributed by atoms with Crippen molar-refractivity contribution in [2.45, 2.75) is 27.2 Å². The normalized spacial score (nSPS) is 15.3. The van der Waals surface area contributed by atoms with Gasteiger partial charge in [-0.05, 0) is 49.3 Å². The maximum atomic E-state index is 5.89. The van der Waals surface area contributed by atoms with Crippen LogP contribution in [0.2, 0.25) is 0 Å². The third-order valence-electron chi connectivity index (χ3n) is 4.23. The summed E-state index contributed by atoms with van der Waals surface area (Å²) in [6.45, 7) is 6.05. The fourth-order valence-corrected chi connectivity index (χ4v) is 3.00. The van der Waals surface area contributed by atoms with Crippen LogP contribution in [0.25, 0.3) is 21.9 Å². The molecule has 1 heterocycles. The zero-order chi connectivity index (χ0) is 18.4. The van der Waals surface area contributed by atoms with Crippen molar-refractivity contribution in [3.05, 3.63) is 90.2 Å². The van der Waals surface area contributed by atoms with Crippen molar-refractivity contribution < 1.29 is 4.42 Å². The monoisotopic (exact) mass is 343 g/mol. The molecule has 3 aromatic rings. The Labute approximate surface area is 155 Å². The second-order valence-electron chi connectivity index (χ2n) is 5.89. The van der Waals surface area contributed by atoms with Gasteiger partial charge in [-0.3, -0.25) is 0 Å². The molecular weight excluding hydrogens is 318 g/mol. The minimum absolute atomic E-state index is 0.919. The number of rotatable bonds is 3. The largest absolute Gasteiger partial charge is 0.456 e. The molecule has 0 saturated heterocycles. The average Bonchev–Trinajstić information content (AvgIpc) is 3.08. The summed E-state index contributed by atoms with van der Waals surface area (Å²) < 4.78 is 5.89. The van der Waals surface area contributed by atoms with Crippen LogP contribution < -0.4 is 5.32 Å². The molecule has 0 fully saturated rings. The van der Waals surface area contributed by atoms with Crippen molar-refractivity contribution in [3.8, 4) is 0 Å². The highest BCUT2D eigenvalue weighted by molar-refractivity contribution is 6.05. The summed E-state index contributed by atoms with van der Waals surface area (Å²) in [4.78, 5) is 0. The molecule has 0 aliphatic heterocycles. The molecule has 0 unspecified atom stereocenters. The molecule has 2 aromatic carbocycles. The minimum Gasteiger partial charge on any atom is -0.456 e. The van der Waals surface area contributed by atoms with Crippen LogP contribution in [-0.4, -0.2) is 0 Å². The van der Waals surface area contributed by atoms with Gasteiger partial charge in [0.25, 0.3) is 0 Å². The van der Waals surface area contributed by atoms with E-state index in [1.54, 1.807) is 0 Å². The molecule has 0 spiro atoms. The van der Waals surface area contributed by atoms with E-state index in [9.17, 15) is 0 Å². The van der Waals surface area contributed by atoms with Gasteiger partial charge >= 0.3 is 0 Å². The van der Waals surface area contributed by atoms with Gasteiger partial charge in [0.2, 0.25) is 0 Å². The van der Waals surface area contributed by atoms with Crippen molar-refractivity contribution >= 4 is 27.6 Å². The number of anilines is 1. The lowest BCUT2D eigenvalue weighted by Crippen LogP contribution is -1.97. The molecule has 132 valence electrons. The molecule has 1 aliphatic carbocycles. The minimum atomic E-state index is 0.919. The number of hydrogen-bond acceptors (Lipinski definition) is 2. The molecule has 26 heavy (non-hydrogen) atoms. The van der Waals surface area contributed by atoms with Gasteiger partial charge in [-0.2, -0.15) is 0 Å². The molecule has 2 nitrogen and oxygen atoms in total. The highest BCUT2D eigenvalue weighted by Gasteiger charge is 2.07. The van der Waals surface area contributed by atoms with Gasteiger partial charge in [0.15, 0.2) is 0 Å². The Bertz CT molecular complexity index is 1020. The number of allylic oxidation sites excluding steroid dienone is 7. The molecule has 1 N–H and O–H groups in total. The zero-order valence-corrected chi connectivity index (χ0v) is 15.6. The first kappa shape index (κ1) is 17.8. The quantitative estimate of drug-likeness (QED) is 0.537. The molecule has 1 aliphatic rings. The molecule has 0 amide bonds. The van der Waals surface area contributed by atoms with Crippen molar-refractivity contribution in [3.63, 3.8) is 0 Å². The van der Waals surface area contributed by atoms with Crippen LogP contribution in [0.4, 0.5) is 5.69 Å². The summed E-state index contributed by atoms with van der Waals surface area (Å²) in [5.41, 5.74) is 5.30. The van der Waals surface area contributed by atoms with Gasteiger partial charge in [0.05, 0.1) is 0 Å². The molecule has 1 aromatic heterocycles.